The maximum absolute atomic E-state index is 11.0. The van der Waals surface area contributed by atoms with Gasteiger partial charge >= 0.3 is 0 Å². The van der Waals surface area contributed by atoms with E-state index in [1.165, 1.54) is 6.42 Å². The van der Waals surface area contributed by atoms with Crippen LogP contribution in [0, 0.1) is 5.92 Å². The third-order valence-corrected chi connectivity index (χ3v) is 2.25. The molecule has 0 aromatic heterocycles. The number of Topliss-reactive ketones (excluding diaryl/α,β-unsaturated/α-hetero) is 1. The zero-order chi connectivity index (χ0) is 10.1. The van der Waals surface area contributed by atoms with Crippen LogP contribution in [0.3, 0.4) is 0 Å². The lowest BCUT2D eigenvalue weighted by Crippen LogP contribution is -2.03. The molecular formula is C11H22O2. The Labute approximate surface area is 81.7 Å². The van der Waals surface area contributed by atoms with Crippen molar-refractivity contribution in [2.75, 3.05) is 13.7 Å². The minimum absolute atomic E-state index is 0.388. The first-order chi connectivity index (χ1) is 6.20. The highest BCUT2D eigenvalue weighted by atomic mass is 16.5. The molecule has 0 aromatic rings. The summed E-state index contributed by atoms with van der Waals surface area (Å²) < 4.78 is 5.04. The smallest absolute Gasteiger partial charge is 0.132 e. The van der Waals surface area contributed by atoms with Crippen molar-refractivity contribution in [3.8, 4) is 0 Å². The SMILES string of the molecule is CCC(=O)CCCCC(C)COC. The quantitative estimate of drug-likeness (QED) is 0.545. The monoisotopic (exact) mass is 186 g/mol. The van der Waals surface area contributed by atoms with Gasteiger partial charge in [0, 0.05) is 26.6 Å². The lowest BCUT2D eigenvalue weighted by Gasteiger charge is -2.08. The molecule has 0 aliphatic rings. The first-order valence-electron chi connectivity index (χ1n) is 5.21. The summed E-state index contributed by atoms with van der Waals surface area (Å²) in [7, 11) is 1.73. The summed E-state index contributed by atoms with van der Waals surface area (Å²) in [6.07, 6.45) is 4.81. The van der Waals surface area contributed by atoms with Gasteiger partial charge in [0.25, 0.3) is 0 Å². The molecule has 0 aliphatic carbocycles. The second kappa shape index (κ2) is 8.24. The summed E-state index contributed by atoms with van der Waals surface area (Å²) in [4.78, 5) is 11.0. The van der Waals surface area contributed by atoms with Crippen molar-refractivity contribution in [2.45, 2.75) is 46.0 Å². The van der Waals surface area contributed by atoms with Gasteiger partial charge in [0.05, 0.1) is 0 Å². The van der Waals surface area contributed by atoms with Crippen LogP contribution >= 0.6 is 0 Å². The number of rotatable bonds is 8. The van der Waals surface area contributed by atoms with Crippen LogP contribution < -0.4 is 0 Å². The van der Waals surface area contributed by atoms with Crippen LogP contribution in [-0.4, -0.2) is 19.5 Å². The molecule has 0 fully saturated rings. The average molecular weight is 186 g/mol. The van der Waals surface area contributed by atoms with Crippen molar-refractivity contribution in [3.05, 3.63) is 0 Å². The van der Waals surface area contributed by atoms with Crippen molar-refractivity contribution in [2.24, 2.45) is 5.92 Å². The van der Waals surface area contributed by atoms with E-state index >= 15 is 0 Å². The van der Waals surface area contributed by atoms with Gasteiger partial charge in [0.1, 0.15) is 5.78 Å². The number of ether oxygens (including phenoxy) is 1. The fourth-order valence-electron chi connectivity index (χ4n) is 1.36. The van der Waals surface area contributed by atoms with Crippen molar-refractivity contribution < 1.29 is 9.53 Å². The van der Waals surface area contributed by atoms with Gasteiger partial charge in [0.2, 0.25) is 0 Å². The molecule has 0 N–H and O–H groups in total. The molecule has 0 rings (SSSR count). The van der Waals surface area contributed by atoms with E-state index in [9.17, 15) is 4.79 Å². The lowest BCUT2D eigenvalue weighted by molar-refractivity contribution is -0.118. The van der Waals surface area contributed by atoms with Crippen molar-refractivity contribution >= 4 is 5.78 Å². The lowest BCUT2D eigenvalue weighted by atomic mass is 10.0. The Morgan fingerprint density at radius 1 is 1.38 bits per heavy atom. The molecule has 0 aromatic carbocycles. The Kier molecular flexibility index (Phi) is 8.00. The predicted molar refractivity (Wildman–Crippen MR) is 54.8 cm³/mol. The second-order valence-corrected chi connectivity index (χ2v) is 3.70. The molecule has 0 radical (unpaired) electrons. The highest BCUT2D eigenvalue weighted by Crippen LogP contribution is 2.10. The number of hydrogen-bond donors (Lipinski definition) is 0. The summed E-state index contributed by atoms with van der Waals surface area (Å²) in [6, 6.07) is 0. The topological polar surface area (TPSA) is 26.3 Å². The van der Waals surface area contributed by atoms with Crippen molar-refractivity contribution in [1.29, 1.82) is 0 Å². The minimum atomic E-state index is 0.388. The van der Waals surface area contributed by atoms with Crippen molar-refractivity contribution in [1.82, 2.24) is 0 Å². The number of carbonyl (C=O) groups is 1. The molecule has 0 amide bonds. The molecule has 0 bridgehead atoms. The molecule has 1 atom stereocenters. The number of carbonyl (C=O) groups excluding carboxylic acids is 1. The fraction of sp³-hybridized carbons (Fsp3) is 0.909. The largest absolute Gasteiger partial charge is 0.384 e. The molecule has 0 aliphatic heterocycles. The van der Waals surface area contributed by atoms with Crippen LogP contribution in [0.5, 0.6) is 0 Å². The van der Waals surface area contributed by atoms with Crippen LogP contribution in [0.4, 0.5) is 0 Å². The van der Waals surface area contributed by atoms with Gasteiger partial charge in [-0.05, 0) is 18.8 Å². The Morgan fingerprint density at radius 2 is 2.08 bits per heavy atom. The molecule has 13 heavy (non-hydrogen) atoms. The van der Waals surface area contributed by atoms with Crippen LogP contribution in [0.25, 0.3) is 0 Å². The second-order valence-electron chi connectivity index (χ2n) is 3.70. The molecule has 0 heterocycles. The van der Waals surface area contributed by atoms with Gasteiger partial charge in [-0.2, -0.15) is 0 Å². The summed E-state index contributed by atoms with van der Waals surface area (Å²) in [5.74, 6) is 1.01. The van der Waals surface area contributed by atoms with E-state index in [-0.39, 0.29) is 0 Å². The van der Waals surface area contributed by atoms with Crippen LogP contribution in [0.15, 0.2) is 0 Å². The van der Waals surface area contributed by atoms with Gasteiger partial charge in [-0.25, -0.2) is 0 Å². The third-order valence-electron chi connectivity index (χ3n) is 2.25. The van der Waals surface area contributed by atoms with Crippen LogP contribution in [0.2, 0.25) is 0 Å². The Hall–Kier alpha value is -0.370. The summed E-state index contributed by atoms with van der Waals surface area (Å²) >= 11 is 0. The van der Waals surface area contributed by atoms with E-state index in [0.29, 0.717) is 18.1 Å². The maximum atomic E-state index is 11.0. The minimum Gasteiger partial charge on any atom is -0.384 e. The van der Waals surface area contributed by atoms with Gasteiger partial charge < -0.3 is 4.74 Å². The standard InChI is InChI=1S/C11H22O2/c1-4-11(12)8-6-5-7-10(2)9-13-3/h10H,4-9H2,1-3H3. The first-order valence-corrected chi connectivity index (χ1v) is 5.21. The highest BCUT2D eigenvalue weighted by Gasteiger charge is 2.02. The summed E-state index contributed by atoms with van der Waals surface area (Å²) in [6.45, 7) is 4.95. The maximum Gasteiger partial charge on any atom is 0.132 e. The molecule has 0 saturated heterocycles. The number of methoxy groups -OCH3 is 1. The average Bonchev–Trinajstić information content (AvgIpc) is 2.12. The number of ketones is 1. The predicted octanol–water partition coefficient (Wildman–Crippen LogP) is 2.81. The van der Waals surface area contributed by atoms with Crippen LogP contribution in [-0.2, 0) is 9.53 Å². The van der Waals surface area contributed by atoms with E-state index in [1.807, 2.05) is 6.92 Å². The van der Waals surface area contributed by atoms with Gasteiger partial charge in [-0.1, -0.05) is 20.3 Å². The Balaban J connectivity index is 3.20. The first kappa shape index (κ1) is 12.6. The Morgan fingerprint density at radius 3 is 2.62 bits per heavy atom. The van der Waals surface area contributed by atoms with E-state index in [2.05, 4.69) is 6.92 Å². The van der Waals surface area contributed by atoms with E-state index in [4.69, 9.17) is 4.74 Å². The van der Waals surface area contributed by atoms with Crippen molar-refractivity contribution in [3.63, 3.8) is 0 Å². The van der Waals surface area contributed by atoms with E-state index < -0.39 is 0 Å². The van der Waals surface area contributed by atoms with Gasteiger partial charge in [-0.15, -0.1) is 0 Å². The molecule has 0 spiro atoms. The summed E-state index contributed by atoms with van der Waals surface area (Å²) in [5.41, 5.74) is 0. The third kappa shape index (κ3) is 7.97. The molecule has 78 valence electrons. The Bertz CT molecular complexity index is 132. The fourth-order valence-corrected chi connectivity index (χ4v) is 1.36. The molecule has 2 heteroatoms. The normalized spacial score (nSPS) is 12.8. The highest BCUT2D eigenvalue weighted by molar-refractivity contribution is 5.77. The molecule has 1 unspecified atom stereocenters. The number of unbranched alkanes of at least 4 members (excludes halogenated alkanes) is 1. The molecular weight excluding hydrogens is 164 g/mol. The number of hydrogen-bond acceptors (Lipinski definition) is 2. The van der Waals surface area contributed by atoms with E-state index in [1.54, 1.807) is 7.11 Å². The summed E-state index contributed by atoms with van der Waals surface area (Å²) in [5, 5.41) is 0. The zero-order valence-corrected chi connectivity index (χ0v) is 9.14. The zero-order valence-electron chi connectivity index (χ0n) is 9.14. The van der Waals surface area contributed by atoms with Crippen LogP contribution in [0.1, 0.15) is 46.0 Å². The molecule has 0 saturated carbocycles. The van der Waals surface area contributed by atoms with Gasteiger partial charge in [-0.3, -0.25) is 4.79 Å². The van der Waals surface area contributed by atoms with E-state index in [0.717, 1.165) is 25.9 Å². The van der Waals surface area contributed by atoms with Gasteiger partial charge in [0.15, 0.2) is 0 Å². The molecule has 2 nitrogen and oxygen atoms in total.